The van der Waals surface area contributed by atoms with Crippen LogP contribution in [0.4, 0.5) is 5.00 Å². The minimum Gasteiger partial charge on any atom is -0.360 e. The van der Waals surface area contributed by atoms with Crippen LogP contribution in [0.3, 0.4) is 0 Å². The number of hydrogen-bond donors (Lipinski definition) is 1. The van der Waals surface area contributed by atoms with Crippen molar-refractivity contribution >= 4 is 33.8 Å². The maximum Gasteiger partial charge on any atom is 0.262 e. The van der Waals surface area contributed by atoms with Crippen molar-refractivity contribution in [2.45, 2.75) is 33.1 Å². The number of hydrogen-bond acceptors (Lipinski definition) is 5. The van der Waals surface area contributed by atoms with Gasteiger partial charge in [0, 0.05) is 10.4 Å². The first kappa shape index (κ1) is 18.7. The molecule has 0 saturated heterocycles. The number of fused-ring (bicyclic) bond motifs is 1. The van der Waals surface area contributed by atoms with Crippen LogP contribution in [0.2, 0.25) is 5.02 Å². The number of aryl methyl sites for hydroxylation is 1. The average Bonchev–Trinajstić information content (AvgIpc) is 3.21. The number of rotatable bonds is 3. The topological polar surface area (TPSA) is 78.9 Å². The monoisotopic (exact) mass is 411 g/mol. The number of thiophene rings is 1. The summed E-state index contributed by atoms with van der Waals surface area (Å²) in [7, 11) is 0. The largest absolute Gasteiger partial charge is 0.360 e. The molecular formula is C21H18ClN3O2S. The Morgan fingerprint density at radius 2 is 2.21 bits per heavy atom. The lowest BCUT2D eigenvalue weighted by Crippen LogP contribution is -2.13. The number of nitrogens with one attached hydrogen (secondary N) is 1. The summed E-state index contributed by atoms with van der Waals surface area (Å²) in [6.45, 7) is 3.90. The fraction of sp³-hybridized carbons (Fsp3) is 0.286. The molecule has 0 radical (unpaired) electrons. The lowest BCUT2D eigenvalue weighted by atomic mass is 9.88. The normalized spacial score (nSPS) is 15.7. The second-order valence-corrected chi connectivity index (χ2v) is 8.58. The first-order valence-corrected chi connectivity index (χ1v) is 10.3. The van der Waals surface area contributed by atoms with E-state index in [1.807, 2.05) is 12.1 Å². The molecule has 4 rings (SSSR count). The summed E-state index contributed by atoms with van der Waals surface area (Å²) in [6.07, 6.45) is 2.89. The average molecular weight is 412 g/mol. The van der Waals surface area contributed by atoms with E-state index in [9.17, 15) is 10.1 Å². The Hall–Kier alpha value is -2.62. The molecule has 0 unspecified atom stereocenters. The molecule has 0 bridgehead atoms. The second-order valence-electron chi connectivity index (χ2n) is 7.06. The summed E-state index contributed by atoms with van der Waals surface area (Å²) in [4.78, 5) is 14.3. The Kier molecular flexibility index (Phi) is 4.96. The van der Waals surface area contributed by atoms with E-state index in [1.165, 1.54) is 16.2 Å². The van der Waals surface area contributed by atoms with Gasteiger partial charge in [-0.2, -0.15) is 5.26 Å². The van der Waals surface area contributed by atoms with Crippen LogP contribution in [0.1, 0.15) is 45.5 Å². The predicted molar refractivity (Wildman–Crippen MR) is 110 cm³/mol. The number of benzene rings is 1. The molecule has 1 aliphatic carbocycles. The molecule has 7 heteroatoms. The van der Waals surface area contributed by atoms with Gasteiger partial charge in [-0.25, -0.2) is 0 Å². The SMILES string of the molecule is Cc1onc(-c2ccccc2Cl)c1C(=O)Nc1sc2c(c1C#N)CC[C@H](C)C2. The highest BCUT2D eigenvalue weighted by Gasteiger charge is 2.27. The molecule has 1 aliphatic rings. The molecule has 5 nitrogen and oxygen atoms in total. The lowest BCUT2D eigenvalue weighted by molar-refractivity contribution is 0.102. The summed E-state index contributed by atoms with van der Waals surface area (Å²) in [5.74, 6) is 0.645. The van der Waals surface area contributed by atoms with Crippen molar-refractivity contribution in [1.82, 2.24) is 5.16 Å². The molecular weight excluding hydrogens is 394 g/mol. The smallest absolute Gasteiger partial charge is 0.262 e. The summed E-state index contributed by atoms with van der Waals surface area (Å²) in [5, 5.41) is 17.7. The van der Waals surface area contributed by atoms with E-state index in [0.29, 0.717) is 44.1 Å². The van der Waals surface area contributed by atoms with Gasteiger partial charge in [0.2, 0.25) is 0 Å². The van der Waals surface area contributed by atoms with Gasteiger partial charge in [0.15, 0.2) is 0 Å². The van der Waals surface area contributed by atoms with Gasteiger partial charge >= 0.3 is 0 Å². The maximum absolute atomic E-state index is 13.1. The summed E-state index contributed by atoms with van der Waals surface area (Å²) in [6, 6.07) is 9.45. The molecule has 1 N–H and O–H groups in total. The molecule has 2 heterocycles. The zero-order valence-electron chi connectivity index (χ0n) is 15.5. The Morgan fingerprint density at radius 1 is 1.43 bits per heavy atom. The molecule has 3 aromatic rings. The van der Waals surface area contributed by atoms with E-state index in [-0.39, 0.29) is 5.91 Å². The standard InChI is InChI=1S/C21H18ClN3O2S/c1-11-7-8-13-15(10-23)21(28-17(13)9-11)24-20(26)18-12(2)27-25-19(18)14-5-3-4-6-16(14)22/h3-6,11H,7-9H2,1-2H3,(H,24,26)/t11-/m0/s1. The summed E-state index contributed by atoms with van der Waals surface area (Å²) < 4.78 is 5.28. The predicted octanol–water partition coefficient (Wildman–Crippen LogP) is 5.61. The molecule has 1 amide bonds. The van der Waals surface area contributed by atoms with Crippen molar-refractivity contribution in [3.63, 3.8) is 0 Å². The van der Waals surface area contributed by atoms with Crippen molar-refractivity contribution in [2.75, 3.05) is 5.32 Å². The fourth-order valence-corrected chi connectivity index (χ4v) is 5.18. The van der Waals surface area contributed by atoms with Crippen LogP contribution < -0.4 is 5.32 Å². The lowest BCUT2D eigenvalue weighted by Gasteiger charge is -2.17. The third kappa shape index (κ3) is 3.21. The van der Waals surface area contributed by atoms with Gasteiger partial charge in [0.25, 0.3) is 5.91 Å². The third-order valence-electron chi connectivity index (χ3n) is 5.07. The van der Waals surface area contributed by atoms with Crippen LogP contribution in [-0.2, 0) is 12.8 Å². The molecule has 0 saturated carbocycles. The molecule has 142 valence electrons. The van der Waals surface area contributed by atoms with E-state index in [1.54, 1.807) is 19.1 Å². The molecule has 1 aromatic carbocycles. The molecule has 1 atom stereocenters. The molecule has 28 heavy (non-hydrogen) atoms. The number of carbonyl (C=O) groups excluding carboxylic acids is 1. The van der Waals surface area contributed by atoms with Gasteiger partial charge in [-0.1, -0.05) is 41.9 Å². The summed E-state index contributed by atoms with van der Waals surface area (Å²) >= 11 is 7.78. The van der Waals surface area contributed by atoms with Gasteiger partial charge in [-0.3, -0.25) is 4.79 Å². The van der Waals surface area contributed by atoms with Crippen LogP contribution in [0.15, 0.2) is 28.8 Å². The highest BCUT2D eigenvalue weighted by molar-refractivity contribution is 7.16. The molecule has 2 aromatic heterocycles. The summed E-state index contributed by atoms with van der Waals surface area (Å²) in [5.41, 5.74) is 3.01. The first-order valence-electron chi connectivity index (χ1n) is 9.06. The minimum absolute atomic E-state index is 0.330. The van der Waals surface area contributed by atoms with E-state index >= 15 is 0 Å². The van der Waals surface area contributed by atoms with E-state index < -0.39 is 0 Å². The number of halogens is 1. The zero-order valence-corrected chi connectivity index (χ0v) is 17.1. The van der Waals surface area contributed by atoms with E-state index in [4.69, 9.17) is 16.1 Å². The highest BCUT2D eigenvalue weighted by atomic mass is 35.5. The van der Waals surface area contributed by atoms with Crippen molar-refractivity contribution in [3.05, 3.63) is 56.6 Å². The highest BCUT2D eigenvalue weighted by Crippen LogP contribution is 2.40. The van der Waals surface area contributed by atoms with E-state index in [0.717, 1.165) is 24.8 Å². The van der Waals surface area contributed by atoms with Crippen LogP contribution in [0.25, 0.3) is 11.3 Å². The Labute approximate surface area is 171 Å². The van der Waals surface area contributed by atoms with Gasteiger partial charge < -0.3 is 9.84 Å². The zero-order chi connectivity index (χ0) is 19.8. The van der Waals surface area contributed by atoms with Crippen molar-refractivity contribution in [3.8, 4) is 17.3 Å². The van der Waals surface area contributed by atoms with Gasteiger partial charge in [0.1, 0.15) is 28.1 Å². The number of aromatic nitrogens is 1. The van der Waals surface area contributed by atoms with Gasteiger partial charge in [-0.15, -0.1) is 11.3 Å². The van der Waals surface area contributed by atoms with Crippen LogP contribution in [-0.4, -0.2) is 11.1 Å². The van der Waals surface area contributed by atoms with Crippen LogP contribution in [0, 0.1) is 24.2 Å². The fourth-order valence-electron chi connectivity index (χ4n) is 3.60. The number of nitriles is 1. The first-order chi connectivity index (χ1) is 13.5. The van der Waals surface area contributed by atoms with Gasteiger partial charge in [0.05, 0.1) is 10.6 Å². The Bertz CT molecular complexity index is 1110. The number of nitrogens with zero attached hydrogens (tertiary/aromatic N) is 2. The van der Waals surface area contributed by atoms with Crippen molar-refractivity contribution in [2.24, 2.45) is 5.92 Å². The molecule has 0 fully saturated rings. The van der Waals surface area contributed by atoms with Crippen molar-refractivity contribution < 1.29 is 9.32 Å². The number of carbonyl (C=O) groups is 1. The number of anilines is 1. The Balaban J connectivity index is 1.71. The quantitative estimate of drug-likeness (QED) is 0.607. The Morgan fingerprint density at radius 3 is 2.96 bits per heavy atom. The van der Waals surface area contributed by atoms with Crippen LogP contribution >= 0.6 is 22.9 Å². The minimum atomic E-state index is -0.350. The second kappa shape index (κ2) is 7.42. The van der Waals surface area contributed by atoms with Gasteiger partial charge in [-0.05, 0) is 43.7 Å². The van der Waals surface area contributed by atoms with Crippen LogP contribution in [0.5, 0.6) is 0 Å². The van der Waals surface area contributed by atoms with Crippen molar-refractivity contribution in [1.29, 1.82) is 5.26 Å². The van der Waals surface area contributed by atoms with E-state index in [2.05, 4.69) is 23.5 Å². The molecule has 0 aliphatic heterocycles. The number of amides is 1. The maximum atomic E-state index is 13.1. The third-order valence-corrected chi connectivity index (χ3v) is 6.57. The molecule has 0 spiro atoms.